The van der Waals surface area contributed by atoms with Crippen LogP contribution < -0.4 is 11.5 Å². The number of carboxylic acid groups (broad SMARTS) is 2. The summed E-state index contributed by atoms with van der Waals surface area (Å²) < 4.78 is 0. The number of hydrogen-bond donors (Lipinski definition) is 4. The monoisotopic (exact) mass is 304 g/mol. The molecule has 7 nitrogen and oxygen atoms in total. The second-order valence-electron chi connectivity index (χ2n) is 4.88. The van der Waals surface area contributed by atoms with Gasteiger partial charge in [0.2, 0.25) is 5.91 Å². The number of carbonyl (C=O) groups excluding carboxylic acids is 1. The molecule has 0 unspecified atom stereocenters. The van der Waals surface area contributed by atoms with Crippen molar-refractivity contribution in [1.82, 2.24) is 0 Å². The van der Waals surface area contributed by atoms with E-state index in [2.05, 4.69) is 12.7 Å². The first-order valence-electron chi connectivity index (χ1n) is 7.29. The molecule has 0 aliphatic heterocycles. The summed E-state index contributed by atoms with van der Waals surface area (Å²) >= 11 is 0. The molecule has 6 N–H and O–H groups in total. The van der Waals surface area contributed by atoms with E-state index in [0.717, 1.165) is 12.8 Å². The topological polar surface area (TPSA) is 144 Å². The van der Waals surface area contributed by atoms with Gasteiger partial charge in [-0.15, -0.1) is 0 Å². The second-order valence-corrected chi connectivity index (χ2v) is 4.88. The van der Waals surface area contributed by atoms with E-state index >= 15 is 0 Å². The van der Waals surface area contributed by atoms with Crippen molar-refractivity contribution in [1.29, 1.82) is 0 Å². The van der Waals surface area contributed by atoms with Crippen LogP contribution in [0.5, 0.6) is 0 Å². The Labute approximate surface area is 125 Å². The largest absolute Gasteiger partial charge is 0.481 e. The maximum Gasteiger partial charge on any atom is 0.321 e. The summed E-state index contributed by atoms with van der Waals surface area (Å²) in [4.78, 5) is 30.0. The van der Waals surface area contributed by atoms with E-state index < -0.39 is 23.9 Å². The average Bonchev–Trinajstić information content (AvgIpc) is 2.37. The first kappa shape index (κ1) is 21.7. The average molecular weight is 304 g/mol. The predicted octanol–water partition coefficient (Wildman–Crippen LogP) is 1.49. The van der Waals surface area contributed by atoms with E-state index in [9.17, 15) is 14.4 Å². The van der Waals surface area contributed by atoms with Gasteiger partial charge in [-0.05, 0) is 6.42 Å². The molecule has 0 aliphatic rings. The standard InChI is InChI=1S/C10H20O2.C4H8N2O3/c1-2-3-4-5-6-7-8-9-10(11)12;5-2(4(8)9)1-3(6)7/h2-9H2,1H3,(H,11,12);2H,1,5H2,(H2,6,7)(H,8,9)/t;2-/m.0/s1. The van der Waals surface area contributed by atoms with Crippen molar-refractivity contribution in [2.24, 2.45) is 11.5 Å². The van der Waals surface area contributed by atoms with Gasteiger partial charge in [0.25, 0.3) is 0 Å². The van der Waals surface area contributed by atoms with Crippen LogP contribution in [0.3, 0.4) is 0 Å². The summed E-state index contributed by atoms with van der Waals surface area (Å²) in [6.45, 7) is 2.20. The number of aliphatic carboxylic acids is 2. The minimum absolute atomic E-state index is 0.310. The highest BCUT2D eigenvalue weighted by molar-refractivity contribution is 5.83. The normalized spacial score (nSPS) is 11.1. The third kappa shape index (κ3) is 20.8. The number of amides is 1. The van der Waals surface area contributed by atoms with Crippen molar-refractivity contribution in [3.05, 3.63) is 0 Å². The van der Waals surface area contributed by atoms with Gasteiger partial charge in [-0.3, -0.25) is 14.4 Å². The fourth-order valence-electron chi connectivity index (χ4n) is 1.54. The Morgan fingerprint density at radius 1 is 0.952 bits per heavy atom. The van der Waals surface area contributed by atoms with E-state index in [1.54, 1.807) is 0 Å². The molecule has 0 aromatic carbocycles. The molecule has 0 aromatic heterocycles. The van der Waals surface area contributed by atoms with Crippen LogP contribution >= 0.6 is 0 Å². The maximum absolute atomic E-state index is 10.1. The summed E-state index contributed by atoms with van der Waals surface area (Å²) in [6, 6.07) is -1.16. The van der Waals surface area contributed by atoms with Crippen LogP contribution in [0.1, 0.15) is 64.7 Å². The van der Waals surface area contributed by atoms with Gasteiger partial charge in [0.15, 0.2) is 0 Å². The van der Waals surface area contributed by atoms with Crippen molar-refractivity contribution in [3.63, 3.8) is 0 Å². The highest BCUT2D eigenvalue weighted by Crippen LogP contribution is 2.07. The molecule has 0 aliphatic carbocycles. The first-order chi connectivity index (χ1) is 9.81. The summed E-state index contributed by atoms with van der Waals surface area (Å²) in [6.07, 6.45) is 8.33. The quantitative estimate of drug-likeness (QED) is 0.426. The molecular weight excluding hydrogens is 276 g/mol. The summed E-state index contributed by atoms with van der Waals surface area (Å²) in [5.74, 6) is -2.58. The molecule has 0 aromatic rings. The molecule has 0 radical (unpaired) electrons. The lowest BCUT2D eigenvalue weighted by Crippen LogP contribution is -2.34. The van der Waals surface area contributed by atoms with Crippen LogP contribution in [-0.2, 0) is 14.4 Å². The molecule has 0 spiro atoms. The molecule has 0 saturated carbocycles. The van der Waals surface area contributed by atoms with Gasteiger partial charge in [0.05, 0.1) is 6.42 Å². The number of rotatable bonds is 11. The van der Waals surface area contributed by atoms with Gasteiger partial charge < -0.3 is 21.7 Å². The molecule has 0 bridgehead atoms. The van der Waals surface area contributed by atoms with Crippen LogP contribution in [0.25, 0.3) is 0 Å². The maximum atomic E-state index is 10.1. The molecule has 1 atom stereocenters. The molecular formula is C14H28N2O5. The van der Waals surface area contributed by atoms with Crippen LogP contribution in [0.4, 0.5) is 0 Å². The van der Waals surface area contributed by atoms with Crippen LogP contribution in [0, 0.1) is 0 Å². The number of primary amides is 1. The predicted molar refractivity (Wildman–Crippen MR) is 79.7 cm³/mol. The smallest absolute Gasteiger partial charge is 0.321 e. The fraction of sp³-hybridized carbons (Fsp3) is 0.786. The van der Waals surface area contributed by atoms with Gasteiger partial charge in [-0.2, -0.15) is 0 Å². The first-order valence-corrected chi connectivity index (χ1v) is 7.29. The molecule has 0 heterocycles. The zero-order valence-electron chi connectivity index (χ0n) is 12.7. The summed E-state index contributed by atoms with van der Waals surface area (Å²) in [5.41, 5.74) is 9.57. The number of hydrogen-bond acceptors (Lipinski definition) is 4. The van der Waals surface area contributed by atoms with Crippen LogP contribution in [0.15, 0.2) is 0 Å². The van der Waals surface area contributed by atoms with Crippen LogP contribution in [0.2, 0.25) is 0 Å². The van der Waals surface area contributed by atoms with Crippen molar-refractivity contribution in [2.75, 3.05) is 0 Å². The van der Waals surface area contributed by atoms with Crippen molar-refractivity contribution in [2.45, 2.75) is 70.8 Å². The third-order valence-electron chi connectivity index (χ3n) is 2.73. The Kier molecular flexibility index (Phi) is 15.2. The van der Waals surface area contributed by atoms with E-state index in [0.29, 0.717) is 6.42 Å². The molecule has 124 valence electrons. The lowest BCUT2D eigenvalue weighted by molar-refractivity contribution is -0.140. The van der Waals surface area contributed by atoms with Gasteiger partial charge in [0.1, 0.15) is 6.04 Å². The molecule has 0 rings (SSSR count). The van der Waals surface area contributed by atoms with Crippen molar-refractivity contribution in [3.8, 4) is 0 Å². The van der Waals surface area contributed by atoms with Gasteiger partial charge in [-0.25, -0.2) is 0 Å². The van der Waals surface area contributed by atoms with Crippen molar-refractivity contribution < 1.29 is 24.6 Å². The Hall–Kier alpha value is -1.63. The number of nitrogens with two attached hydrogens (primary N) is 2. The zero-order valence-corrected chi connectivity index (χ0v) is 12.7. The van der Waals surface area contributed by atoms with Crippen molar-refractivity contribution >= 4 is 17.8 Å². The Balaban J connectivity index is 0. The number of carbonyl (C=O) groups is 3. The van der Waals surface area contributed by atoms with Gasteiger partial charge in [-0.1, -0.05) is 45.4 Å². The Bertz CT molecular complexity index is 308. The van der Waals surface area contributed by atoms with E-state index in [-0.39, 0.29) is 6.42 Å². The lowest BCUT2D eigenvalue weighted by Gasteiger charge is -1.99. The van der Waals surface area contributed by atoms with E-state index in [1.165, 1.54) is 32.1 Å². The molecule has 0 saturated heterocycles. The molecule has 0 fully saturated rings. The number of unbranched alkanes of at least 4 members (excludes halogenated alkanes) is 6. The lowest BCUT2D eigenvalue weighted by atomic mass is 10.1. The second kappa shape index (κ2) is 14.8. The summed E-state index contributed by atoms with van der Waals surface area (Å²) in [7, 11) is 0. The highest BCUT2D eigenvalue weighted by atomic mass is 16.4. The van der Waals surface area contributed by atoms with Crippen LogP contribution in [-0.4, -0.2) is 34.1 Å². The van der Waals surface area contributed by atoms with E-state index in [1.807, 2.05) is 0 Å². The SMILES string of the molecule is CCCCCCCCCC(=O)O.NC(=O)C[C@H](N)C(=O)O. The molecule has 21 heavy (non-hydrogen) atoms. The third-order valence-corrected chi connectivity index (χ3v) is 2.73. The zero-order chi connectivity index (χ0) is 16.7. The minimum Gasteiger partial charge on any atom is -0.481 e. The van der Waals surface area contributed by atoms with E-state index in [4.69, 9.17) is 15.9 Å². The van der Waals surface area contributed by atoms with Gasteiger partial charge in [0, 0.05) is 6.42 Å². The fourth-order valence-corrected chi connectivity index (χ4v) is 1.54. The molecule has 1 amide bonds. The summed E-state index contributed by atoms with van der Waals surface area (Å²) in [5, 5.41) is 16.5. The highest BCUT2D eigenvalue weighted by Gasteiger charge is 2.13. The van der Waals surface area contributed by atoms with Gasteiger partial charge >= 0.3 is 11.9 Å². The minimum atomic E-state index is -1.21. The Morgan fingerprint density at radius 3 is 1.76 bits per heavy atom. The number of carboxylic acids is 2. The molecule has 7 heteroatoms. The Morgan fingerprint density at radius 2 is 1.43 bits per heavy atom.